The SMILES string of the molecule is CN[C@@H]1[C@@H](O)[C@@H](O[C@@H]2[C@@H](O)[C@H](O[C@H]3O[C@H](CO)[C@@H](O)[C@H](O)[C@H]3N)[C@@H](N)C[C@H]2N)CC[C@]1(C)O. The molecule has 13 N–H and O–H groups in total. The van der Waals surface area contributed by atoms with Gasteiger partial charge in [0.2, 0.25) is 0 Å². The molecule has 0 amide bonds. The molecule has 0 aromatic rings. The lowest BCUT2D eigenvalue weighted by Crippen LogP contribution is -2.68. The summed E-state index contributed by atoms with van der Waals surface area (Å²) in [7, 11) is 1.63. The minimum Gasteiger partial charge on any atom is -0.394 e. The zero-order valence-electron chi connectivity index (χ0n) is 19.0. The molecule has 3 fully saturated rings. The molecule has 0 aromatic heterocycles. The Bertz CT molecular complexity index is 645. The van der Waals surface area contributed by atoms with Gasteiger partial charge in [-0.15, -0.1) is 0 Å². The predicted molar refractivity (Wildman–Crippen MR) is 115 cm³/mol. The fourth-order valence-corrected chi connectivity index (χ4v) is 5.19. The number of ether oxygens (including phenoxy) is 3. The van der Waals surface area contributed by atoms with Crippen LogP contribution in [0.1, 0.15) is 26.2 Å². The standard InChI is InChI=1S/C20H40N4O9/c1-20(30)4-3-9(13(27)18(20)24-2)31-16-7(21)5-8(22)17(15(16)29)33-19-11(23)14(28)12(26)10(6-25)32-19/h7-19,24-30H,3-6,21-23H2,1-2H3/t7-,8+,9+,10-,11-,12-,13+,14-,15-,16+,17-,18-,19-,20+/m1/s1. The lowest BCUT2D eigenvalue weighted by Gasteiger charge is -2.49. The summed E-state index contributed by atoms with van der Waals surface area (Å²) >= 11 is 0. The minimum atomic E-state index is -1.42. The number of hydrogen-bond acceptors (Lipinski definition) is 13. The topological polar surface area (TPSA) is 239 Å². The lowest BCUT2D eigenvalue weighted by molar-refractivity contribution is -0.297. The van der Waals surface area contributed by atoms with Crippen molar-refractivity contribution in [2.24, 2.45) is 17.2 Å². The summed E-state index contributed by atoms with van der Waals surface area (Å²) in [6.07, 6.45) is -9.33. The van der Waals surface area contributed by atoms with E-state index in [-0.39, 0.29) is 6.42 Å². The summed E-state index contributed by atoms with van der Waals surface area (Å²) in [5, 5.41) is 64.8. The normalized spacial score (nSPS) is 53.7. The third-order valence-electron chi connectivity index (χ3n) is 7.25. The molecule has 1 saturated heterocycles. The van der Waals surface area contributed by atoms with E-state index >= 15 is 0 Å². The molecular formula is C20H40N4O9. The molecule has 2 aliphatic carbocycles. The van der Waals surface area contributed by atoms with Gasteiger partial charge in [-0.2, -0.15) is 0 Å². The van der Waals surface area contributed by atoms with Crippen LogP contribution in [-0.4, -0.2) is 129 Å². The average molecular weight is 481 g/mol. The smallest absolute Gasteiger partial charge is 0.176 e. The van der Waals surface area contributed by atoms with Crippen LogP contribution < -0.4 is 22.5 Å². The zero-order chi connectivity index (χ0) is 24.7. The van der Waals surface area contributed by atoms with Crippen molar-refractivity contribution in [2.75, 3.05) is 13.7 Å². The van der Waals surface area contributed by atoms with Crippen molar-refractivity contribution >= 4 is 0 Å². The van der Waals surface area contributed by atoms with Gasteiger partial charge in [-0.05, 0) is 33.2 Å². The van der Waals surface area contributed by atoms with E-state index in [1.54, 1.807) is 14.0 Å². The van der Waals surface area contributed by atoms with Crippen molar-refractivity contribution in [3.8, 4) is 0 Å². The Morgan fingerprint density at radius 2 is 1.58 bits per heavy atom. The molecule has 0 aromatic carbocycles. The highest BCUT2D eigenvalue weighted by Gasteiger charge is 2.51. The quantitative estimate of drug-likeness (QED) is 0.171. The van der Waals surface area contributed by atoms with Crippen molar-refractivity contribution in [1.82, 2.24) is 5.32 Å². The van der Waals surface area contributed by atoms with Crippen LogP contribution in [0.5, 0.6) is 0 Å². The molecule has 13 nitrogen and oxygen atoms in total. The second-order valence-electron chi connectivity index (χ2n) is 9.73. The molecular weight excluding hydrogens is 440 g/mol. The van der Waals surface area contributed by atoms with Gasteiger partial charge in [0.1, 0.15) is 36.6 Å². The highest BCUT2D eigenvalue weighted by atomic mass is 16.7. The molecule has 2 saturated carbocycles. The summed E-state index contributed by atoms with van der Waals surface area (Å²) in [5.74, 6) is 0. The first-order chi connectivity index (χ1) is 15.4. The maximum Gasteiger partial charge on any atom is 0.176 e. The van der Waals surface area contributed by atoms with Crippen molar-refractivity contribution in [3.63, 3.8) is 0 Å². The van der Waals surface area contributed by atoms with Crippen LogP contribution in [0.3, 0.4) is 0 Å². The molecule has 1 heterocycles. The van der Waals surface area contributed by atoms with Crippen molar-refractivity contribution in [3.05, 3.63) is 0 Å². The van der Waals surface area contributed by atoms with Gasteiger partial charge in [0.25, 0.3) is 0 Å². The van der Waals surface area contributed by atoms with Crippen LogP contribution in [-0.2, 0) is 14.2 Å². The summed E-state index contributed by atoms with van der Waals surface area (Å²) in [5.41, 5.74) is 17.2. The molecule has 3 rings (SSSR count). The maximum atomic E-state index is 11.1. The molecule has 0 spiro atoms. The number of nitrogens with one attached hydrogen (secondary N) is 1. The Morgan fingerprint density at radius 1 is 0.970 bits per heavy atom. The molecule has 0 unspecified atom stereocenters. The highest BCUT2D eigenvalue weighted by molar-refractivity contribution is 5.04. The van der Waals surface area contributed by atoms with Crippen LogP contribution in [0.25, 0.3) is 0 Å². The molecule has 13 heteroatoms. The van der Waals surface area contributed by atoms with Crippen LogP contribution in [0.15, 0.2) is 0 Å². The van der Waals surface area contributed by atoms with E-state index in [9.17, 15) is 30.6 Å². The fourth-order valence-electron chi connectivity index (χ4n) is 5.19. The number of nitrogens with two attached hydrogens (primary N) is 3. The Balaban J connectivity index is 1.71. The molecule has 194 valence electrons. The second-order valence-corrected chi connectivity index (χ2v) is 9.73. The van der Waals surface area contributed by atoms with Gasteiger partial charge in [0, 0.05) is 12.1 Å². The van der Waals surface area contributed by atoms with Crippen molar-refractivity contribution < 1.29 is 44.8 Å². The van der Waals surface area contributed by atoms with Gasteiger partial charge in [-0.3, -0.25) is 0 Å². The van der Waals surface area contributed by atoms with Crippen molar-refractivity contribution in [2.45, 2.75) is 111 Å². The van der Waals surface area contributed by atoms with E-state index in [1.165, 1.54) is 0 Å². The van der Waals surface area contributed by atoms with Crippen LogP contribution >= 0.6 is 0 Å². The van der Waals surface area contributed by atoms with Crippen molar-refractivity contribution in [1.29, 1.82) is 0 Å². The van der Waals surface area contributed by atoms with Gasteiger partial charge in [0.05, 0.1) is 36.5 Å². The Hall–Kier alpha value is -0.520. The number of likely N-dealkylation sites (N-methyl/N-ethyl adjacent to an activating group) is 1. The van der Waals surface area contributed by atoms with E-state index in [0.717, 1.165) is 0 Å². The first-order valence-electron chi connectivity index (χ1n) is 11.4. The molecule has 1 aliphatic heterocycles. The number of aliphatic hydroxyl groups is 6. The summed E-state index contributed by atoms with van der Waals surface area (Å²) in [6, 6.07) is -3.17. The van der Waals surface area contributed by atoms with Gasteiger partial charge < -0.3 is 67.4 Å². The van der Waals surface area contributed by atoms with E-state index in [1.807, 2.05) is 0 Å². The molecule has 0 bridgehead atoms. The molecule has 3 aliphatic rings. The van der Waals surface area contributed by atoms with E-state index < -0.39 is 91.5 Å². The van der Waals surface area contributed by atoms with E-state index in [0.29, 0.717) is 12.8 Å². The number of rotatable bonds is 6. The Kier molecular flexibility index (Phi) is 8.71. The van der Waals surface area contributed by atoms with E-state index in [2.05, 4.69) is 5.32 Å². The third kappa shape index (κ3) is 5.35. The van der Waals surface area contributed by atoms with Crippen LogP contribution in [0.2, 0.25) is 0 Å². The summed E-state index contributed by atoms with van der Waals surface area (Å²) < 4.78 is 17.4. The molecule has 33 heavy (non-hydrogen) atoms. The van der Waals surface area contributed by atoms with Gasteiger partial charge >= 0.3 is 0 Å². The largest absolute Gasteiger partial charge is 0.394 e. The predicted octanol–water partition coefficient (Wildman–Crippen LogP) is -5.20. The van der Waals surface area contributed by atoms with Crippen LogP contribution in [0, 0.1) is 0 Å². The lowest BCUT2D eigenvalue weighted by atomic mass is 9.77. The summed E-state index contributed by atoms with van der Waals surface area (Å²) in [6.45, 7) is 1.06. The maximum absolute atomic E-state index is 11.1. The first-order valence-corrected chi connectivity index (χ1v) is 11.4. The third-order valence-corrected chi connectivity index (χ3v) is 7.25. The van der Waals surface area contributed by atoms with Crippen LogP contribution in [0.4, 0.5) is 0 Å². The second kappa shape index (κ2) is 10.6. The van der Waals surface area contributed by atoms with Gasteiger partial charge in [0.15, 0.2) is 6.29 Å². The fraction of sp³-hybridized carbons (Fsp3) is 1.00. The molecule has 14 atom stereocenters. The average Bonchev–Trinajstić information content (AvgIpc) is 2.75. The first kappa shape index (κ1) is 27.1. The van der Waals surface area contributed by atoms with E-state index in [4.69, 9.17) is 31.4 Å². The highest BCUT2D eigenvalue weighted by Crippen LogP contribution is 2.34. The van der Waals surface area contributed by atoms with Gasteiger partial charge in [-0.25, -0.2) is 0 Å². The number of aliphatic hydroxyl groups excluding tert-OH is 5. The molecule has 0 radical (unpaired) electrons. The Morgan fingerprint density at radius 3 is 2.15 bits per heavy atom. The zero-order valence-corrected chi connectivity index (χ0v) is 19.0. The Labute approximate surface area is 192 Å². The van der Waals surface area contributed by atoms with Gasteiger partial charge in [-0.1, -0.05) is 0 Å². The summed E-state index contributed by atoms with van der Waals surface area (Å²) in [4.78, 5) is 0. The minimum absolute atomic E-state index is 0.221. The number of hydrogen-bond donors (Lipinski definition) is 10. The monoisotopic (exact) mass is 480 g/mol.